The minimum absolute atomic E-state index is 0.190. The Morgan fingerprint density at radius 1 is 1.16 bits per heavy atom. The van der Waals surface area contributed by atoms with Crippen molar-refractivity contribution >= 4 is 11.7 Å². The van der Waals surface area contributed by atoms with Crippen LogP contribution in [0.1, 0.15) is 55.9 Å². The van der Waals surface area contributed by atoms with Gasteiger partial charge >= 0.3 is 0 Å². The summed E-state index contributed by atoms with van der Waals surface area (Å²) in [6, 6.07) is 0. The average Bonchev–Trinajstić information content (AvgIpc) is 2.46. The maximum Gasteiger partial charge on any atom is 0.271 e. The van der Waals surface area contributed by atoms with Crippen molar-refractivity contribution in [2.75, 3.05) is 12.0 Å². The van der Waals surface area contributed by atoms with Crippen molar-refractivity contribution in [1.29, 1.82) is 0 Å². The molecule has 0 aliphatic carbocycles. The van der Waals surface area contributed by atoms with Crippen LogP contribution in [0.4, 0.5) is 5.82 Å². The van der Waals surface area contributed by atoms with E-state index in [1.54, 1.807) is 0 Å². The highest BCUT2D eigenvalue weighted by Gasteiger charge is 2.06. The van der Waals surface area contributed by atoms with Gasteiger partial charge in [-0.15, -0.1) is 0 Å². The second kappa shape index (κ2) is 9.27. The molecule has 0 unspecified atom stereocenters. The summed E-state index contributed by atoms with van der Waals surface area (Å²) in [6.45, 7) is 2.89. The van der Waals surface area contributed by atoms with Crippen LogP contribution >= 0.6 is 0 Å². The number of nitrogens with two attached hydrogens (primary N) is 1. The van der Waals surface area contributed by atoms with Crippen molar-refractivity contribution in [2.24, 2.45) is 5.84 Å². The van der Waals surface area contributed by atoms with Crippen LogP contribution in [0.3, 0.4) is 0 Å². The van der Waals surface area contributed by atoms with Crippen LogP contribution in [0.2, 0.25) is 0 Å². The smallest absolute Gasteiger partial charge is 0.271 e. The molecule has 0 spiro atoms. The molecule has 1 amide bonds. The number of nitrogens with one attached hydrogen (secondary N) is 2. The van der Waals surface area contributed by atoms with Crippen molar-refractivity contribution < 1.29 is 4.79 Å². The molecule has 0 atom stereocenters. The van der Waals surface area contributed by atoms with Gasteiger partial charge in [-0.1, -0.05) is 39.0 Å². The van der Waals surface area contributed by atoms with E-state index in [-0.39, 0.29) is 5.91 Å². The summed E-state index contributed by atoms with van der Waals surface area (Å²) in [5, 5.41) is 2.83. The average molecular weight is 265 g/mol. The number of anilines is 1. The number of nitrogens with zero attached hydrogens (tertiary/aromatic N) is 2. The maximum absolute atomic E-state index is 11.7. The van der Waals surface area contributed by atoms with Crippen LogP contribution in [0.5, 0.6) is 0 Å². The van der Waals surface area contributed by atoms with E-state index in [1.165, 1.54) is 38.1 Å². The summed E-state index contributed by atoms with van der Waals surface area (Å²) in [5.74, 6) is 5.42. The first-order chi connectivity index (χ1) is 9.27. The zero-order valence-electron chi connectivity index (χ0n) is 11.5. The molecule has 0 bridgehead atoms. The quantitative estimate of drug-likeness (QED) is 0.360. The third-order valence-corrected chi connectivity index (χ3v) is 2.85. The molecular formula is C13H23N5O. The Hall–Kier alpha value is -1.69. The Morgan fingerprint density at radius 3 is 2.53 bits per heavy atom. The lowest BCUT2D eigenvalue weighted by Crippen LogP contribution is -2.25. The number of carbonyl (C=O) groups is 1. The van der Waals surface area contributed by atoms with Gasteiger partial charge in [0.05, 0.1) is 12.4 Å². The number of nitrogen functional groups attached to an aromatic ring is 1. The van der Waals surface area contributed by atoms with Crippen molar-refractivity contribution in [3.05, 3.63) is 18.1 Å². The molecule has 1 rings (SSSR count). The van der Waals surface area contributed by atoms with Crippen LogP contribution in [0.25, 0.3) is 0 Å². The van der Waals surface area contributed by atoms with Crippen LogP contribution in [-0.2, 0) is 0 Å². The minimum atomic E-state index is -0.190. The standard InChI is InChI=1S/C13H23N5O/c1-2-3-4-5-6-7-8-15-13(19)11-9-17-12(18-14)10-16-11/h9-10H,2-8,14H2,1H3,(H,15,19)(H,17,18). The van der Waals surface area contributed by atoms with E-state index in [0.29, 0.717) is 18.1 Å². The van der Waals surface area contributed by atoms with Crippen LogP contribution < -0.4 is 16.6 Å². The number of unbranched alkanes of at least 4 members (excludes halogenated alkanes) is 5. The number of carbonyl (C=O) groups excluding carboxylic acids is 1. The highest BCUT2D eigenvalue weighted by Crippen LogP contribution is 2.04. The molecule has 0 radical (unpaired) electrons. The van der Waals surface area contributed by atoms with Gasteiger partial charge in [-0.3, -0.25) is 4.79 Å². The van der Waals surface area contributed by atoms with Crippen LogP contribution in [0.15, 0.2) is 12.4 Å². The maximum atomic E-state index is 11.7. The van der Waals surface area contributed by atoms with E-state index >= 15 is 0 Å². The molecule has 106 valence electrons. The Bertz CT molecular complexity index is 366. The summed E-state index contributed by atoms with van der Waals surface area (Å²) in [4.78, 5) is 19.6. The molecule has 1 aromatic heterocycles. The van der Waals surface area contributed by atoms with E-state index in [9.17, 15) is 4.79 Å². The third-order valence-electron chi connectivity index (χ3n) is 2.85. The molecule has 0 saturated heterocycles. The van der Waals surface area contributed by atoms with E-state index in [0.717, 1.165) is 12.8 Å². The molecule has 0 aliphatic rings. The van der Waals surface area contributed by atoms with Gasteiger partial charge in [-0.2, -0.15) is 0 Å². The largest absolute Gasteiger partial charge is 0.351 e. The summed E-state index contributed by atoms with van der Waals surface area (Å²) in [5.41, 5.74) is 2.67. The third kappa shape index (κ3) is 6.15. The molecule has 0 saturated carbocycles. The molecule has 0 aromatic carbocycles. The summed E-state index contributed by atoms with van der Waals surface area (Å²) in [7, 11) is 0. The van der Waals surface area contributed by atoms with Crippen molar-refractivity contribution in [3.63, 3.8) is 0 Å². The van der Waals surface area contributed by atoms with Crippen molar-refractivity contribution in [1.82, 2.24) is 15.3 Å². The summed E-state index contributed by atoms with van der Waals surface area (Å²) >= 11 is 0. The van der Waals surface area contributed by atoms with Crippen LogP contribution in [0, 0.1) is 0 Å². The van der Waals surface area contributed by atoms with E-state index in [2.05, 4.69) is 27.6 Å². The molecular weight excluding hydrogens is 242 g/mol. The first-order valence-corrected chi connectivity index (χ1v) is 6.84. The Labute approximate surface area is 114 Å². The predicted octanol–water partition coefficient (Wildman–Crippen LogP) is 1.85. The first kappa shape index (κ1) is 15.4. The highest BCUT2D eigenvalue weighted by atomic mass is 16.1. The van der Waals surface area contributed by atoms with E-state index in [4.69, 9.17) is 5.84 Å². The number of rotatable bonds is 9. The topological polar surface area (TPSA) is 92.9 Å². The molecule has 0 aliphatic heterocycles. The summed E-state index contributed by atoms with van der Waals surface area (Å²) < 4.78 is 0. The fourth-order valence-electron chi connectivity index (χ4n) is 1.72. The van der Waals surface area contributed by atoms with Gasteiger partial charge in [0.25, 0.3) is 5.91 Å². The van der Waals surface area contributed by atoms with Crippen molar-refractivity contribution in [2.45, 2.75) is 45.4 Å². The molecule has 0 fully saturated rings. The Balaban J connectivity index is 2.16. The lowest BCUT2D eigenvalue weighted by molar-refractivity contribution is 0.0947. The number of amides is 1. The van der Waals surface area contributed by atoms with Crippen molar-refractivity contribution in [3.8, 4) is 0 Å². The van der Waals surface area contributed by atoms with Gasteiger partial charge in [0.2, 0.25) is 0 Å². The molecule has 6 heteroatoms. The second-order valence-electron chi connectivity index (χ2n) is 4.45. The molecule has 1 heterocycles. The summed E-state index contributed by atoms with van der Waals surface area (Å²) in [6.07, 6.45) is 10.1. The zero-order valence-corrected chi connectivity index (χ0v) is 11.5. The molecule has 6 nitrogen and oxygen atoms in total. The molecule has 4 N–H and O–H groups in total. The van der Waals surface area contributed by atoms with Gasteiger partial charge in [0, 0.05) is 6.54 Å². The normalized spacial score (nSPS) is 10.2. The number of hydrazine groups is 1. The van der Waals surface area contributed by atoms with Gasteiger partial charge in [-0.05, 0) is 6.42 Å². The number of hydrogen-bond donors (Lipinski definition) is 3. The molecule has 1 aromatic rings. The number of aromatic nitrogens is 2. The Kier molecular flexibility index (Phi) is 7.50. The zero-order chi connectivity index (χ0) is 13.9. The monoisotopic (exact) mass is 265 g/mol. The van der Waals surface area contributed by atoms with Gasteiger partial charge in [0.1, 0.15) is 5.69 Å². The predicted molar refractivity (Wildman–Crippen MR) is 75.6 cm³/mol. The number of hydrogen-bond acceptors (Lipinski definition) is 5. The Morgan fingerprint density at radius 2 is 1.89 bits per heavy atom. The van der Waals surface area contributed by atoms with E-state index in [1.807, 2.05) is 0 Å². The lowest BCUT2D eigenvalue weighted by atomic mass is 10.1. The fraction of sp³-hybridized carbons (Fsp3) is 0.615. The van der Waals surface area contributed by atoms with Gasteiger partial charge in [0.15, 0.2) is 5.82 Å². The van der Waals surface area contributed by atoms with E-state index < -0.39 is 0 Å². The minimum Gasteiger partial charge on any atom is -0.351 e. The van der Waals surface area contributed by atoms with Gasteiger partial charge < -0.3 is 10.7 Å². The lowest BCUT2D eigenvalue weighted by Gasteiger charge is -2.05. The SMILES string of the molecule is CCCCCCCCNC(=O)c1cnc(NN)cn1. The fourth-order valence-corrected chi connectivity index (χ4v) is 1.72. The first-order valence-electron chi connectivity index (χ1n) is 6.84. The second-order valence-corrected chi connectivity index (χ2v) is 4.45. The highest BCUT2D eigenvalue weighted by molar-refractivity contribution is 5.91. The van der Waals surface area contributed by atoms with Crippen LogP contribution in [-0.4, -0.2) is 22.4 Å². The molecule has 19 heavy (non-hydrogen) atoms. The van der Waals surface area contributed by atoms with Gasteiger partial charge in [-0.25, -0.2) is 15.8 Å².